The Kier molecular flexibility index (Phi) is 5.65. The van der Waals surface area contributed by atoms with E-state index in [1.165, 1.54) is 107 Å². The first-order chi connectivity index (χ1) is 24.3. The van der Waals surface area contributed by atoms with E-state index in [0.717, 1.165) is 0 Å². The van der Waals surface area contributed by atoms with Crippen LogP contribution >= 0.6 is 22.7 Å². The third-order valence-electron chi connectivity index (χ3n) is 11.9. The Hall–Kier alpha value is -5.02. The molecular formula is C48H34S2. The molecule has 0 radical (unpaired) electrons. The van der Waals surface area contributed by atoms with Crippen LogP contribution < -0.4 is 0 Å². The smallest absolute Gasteiger partial charge is 0.0361 e. The Morgan fingerprint density at radius 2 is 0.720 bits per heavy atom. The van der Waals surface area contributed by atoms with Gasteiger partial charge in [-0.25, -0.2) is 0 Å². The molecule has 2 heteroatoms. The van der Waals surface area contributed by atoms with Crippen LogP contribution in [0.3, 0.4) is 0 Å². The van der Waals surface area contributed by atoms with Crippen molar-refractivity contribution in [2.24, 2.45) is 0 Å². The van der Waals surface area contributed by atoms with Gasteiger partial charge in [-0.2, -0.15) is 0 Å². The van der Waals surface area contributed by atoms with Crippen molar-refractivity contribution in [1.29, 1.82) is 0 Å². The van der Waals surface area contributed by atoms with E-state index in [9.17, 15) is 0 Å². The molecule has 0 saturated carbocycles. The van der Waals surface area contributed by atoms with E-state index in [1.807, 2.05) is 22.7 Å². The number of benzene rings is 7. The van der Waals surface area contributed by atoms with Gasteiger partial charge in [0.15, 0.2) is 0 Å². The highest BCUT2D eigenvalue weighted by Gasteiger charge is 2.43. The van der Waals surface area contributed by atoms with E-state index in [-0.39, 0.29) is 10.8 Å². The van der Waals surface area contributed by atoms with Gasteiger partial charge in [-0.3, -0.25) is 0 Å². The quantitative estimate of drug-likeness (QED) is 0.171. The third-order valence-corrected chi connectivity index (χ3v) is 14.2. The van der Waals surface area contributed by atoms with Gasteiger partial charge in [-0.05, 0) is 136 Å². The van der Waals surface area contributed by atoms with Crippen molar-refractivity contribution >= 4 is 64.4 Å². The molecule has 9 aromatic rings. The third kappa shape index (κ3) is 3.71. The van der Waals surface area contributed by atoms with Gasteiger partial charge in [0, 0.05) is 30.0 Å². The molecular weight excluding hydrogens is 641 g/mol. The predicted octanol–water partition coefficient (Wildman–Crippen LogP) is 14.4. The fourth-order valence-electron chi connectivity index (χ4n) is 9.29. The monoisotopic (exact) mass is 674 g/mol. The molecule has 11 rings (SSSR count). The largest absolute Gasteiger partial charge is 0.135 e. The molecule has 2 aliphatic rings. The lowest BCUT2D eigenvalue weighted by atomic mass is 9.79. The van der Waals surface area contributed by atoms with Crippen LogP contribution in [0.2, 0.25) is 0 Å². The zero-order valence-corrected chi connectivity index (χ0v) is 30.2. The number of thiophene rings is 2. The molecule has 0 saturated heterocycles. The fourth-order valence-corrected chi connectivity index (χ4v) is 11.5. The summed E-state index contributed by atoms with van der Waals surface area (Å²) in [7, 11) is 0. The van der Waals surface area contributed by atoms with E-state index in [0.29, 0.717) is 0 Å². The molecule has 238 valence electrons. The summed E-state index contributed by atoms with van der Waals surface area (Å²) in [5.74, 6) is 0. The van der Waals surface area contributed by atoms with Gasteiger partial charge in [0.2, 0.25) is 0 Å². The van der Waals surface area contributed by atoms with Crippen molar-refractivity contribution in [3.8, 4) is 43.1 Å². The summed E-state index contributed by atoms with van der Waals surface area (Å²) in [5.41, 5.74) is 13.8. The first-order valence-corrected chi connectivity index (χ1v) is 19.2. The fraction of sp³-hybridized carbons (Fsp3) is 0.125. The molecule has 0 aliphatic heterocycles. The van der Waals surface area contributed by atoms with Crippen molar-refractivity contribution in [3.05, 3.63) is 156 Å². The molecule has 0 N–H and O–H groups in total. The Morgan fingerprint density at radius 1 is 0.360 bits per heavy atom. The maximum atomic E-state index is 2.58. The number of hydrogen-bond donors (Lipinski definition) is 0. The van der Waals surface area contributed by atoms with Crippen molar-refractivity contribution in [2.75, 3.05) is 0 Å². The summed E-state index contributed by atoms with van der Waals surface area (Å²) in [4.78, 5) is 2.69. The molecule has 0 fully saturated rings. The normalized spacial score (nSPS) is 15.1. The topological polar surface area (TPSA) is 0 Å². The zero-order chi connectivity index (χ0) is 33.5. The van der Waals surface area contributed by atoms with Crippen molar-refractivity contribution in [2.45, 2.75) is 38.5 Å². The van der Waals surface area contributed by atoms with Gasteiger partial charge < -0.3 is 0 Å². The predicted molar refractivity (Wildman–Crippen MR) is 218 cm³/mol. The van der Waals surface area contributed by atoms with Crippen LogP contribution in [-0.4, -0.2) is 0 Å². The minimum absolute atomic E-state index is 0.144. The Bertz CT molecular complexity index is 2660. The Morgan fingerprint density at radius 3 is 1.14 bits per heavy atom. The SMILES string of the molecule is CC1(C)c2cc3c(cc2-c2c1cc(-c1cc4ccccc4s1)c1ccccc21)C(C)(C)c1cc(-c2cc4ccccc4s2)c2ccccc2c1-3. The number of fused-ring (bicyclic) bond motifs is 12. The average Bonchev–Trinajstić information content (AvgIpc) is 3.87. The maximum Gasteiger partial charge on any atom is 0.0361 e. The number of rotatable bonds is 2. The lowest BCUT2D eigenvalue weighted by Crippen LogP contribution is -2.17. The van der Waals surface area contributed by atoms with Crippen molar-refractivity contribution < 1.29 is 0 Å². The van der Waals surface area contributed by atoms with E-state index in [4.69, 9.17) is 0 Å². The van der Waals surface area contributed by atoms with Crippen LogP contribution in [0.5, 0.6) is 0 Å². The maximum absolute atomic E-state index is 2.58. The second-order valence-corrected chi connectivity index (χ2v) is 17.4. The van der Waals surface area contributed by atoms with Crippen LogP contribution in [0.25, 0.3) is 84.9 Å². The second-order valence-electron chi connectivity index (χ2n) is 15.3. The molecule has 0 unspecified atom stereocenters. The minimum atomic E-state index is -0.144. The van der Waals surface area contributed by atoms with E-state index in [1.54, 1.807) is 0 Å². The molecule has 0 nitrogen and oxygen atoms in total. The summed E-state index contributed by atoms with van der Waals surface area (Å²) in [6, 6.07) is 50.7. The summed E-state index contributed by atoms with van der Waals surface area (Å²) in [5, 5.41) is 8.02. The molecule has 2 aromatic heterocycles. The Balaban J connectivity index is 1.16. The highest BCUT2D eigenvalue weighted by Crippen LogP contribution is 2.60. The van der Waals surface area contributed by atoms with Crippen LogP contribution in [0.1, 0.15) is 49.9 Å². The molecule has 50 heavy (non-hydrogen) atoms. The van der Waals surface area contributed by atoms with Crippen molar-refractivity contribution in [1.82, 2.24) is 0 Å². The molecule has 2 heterocycles. The van der Waals surface area contributed by atoms with Gasteiger partial charge in [0.1, 0.15) is 0 Å². The summed E-state index contributed by atoms with van der Waals surface area (Å²) >= 11 is 3.81. The van der Waals surface area contributed by atoms with E-state index >= 15 is 0 Å². The summed E-state index contributed by atoms with van der Waals surface area (Å²) in [6.45, 7) is 9.77. The molecule has 7 aromatic carbocycles. The molecule has 0 bridgehead atoms. The summed E-state index contributed by atoms with van der Waals surface area (Å²) < 4.78 is 2.68. The molecule has 2 aliphatic carbocycles. The lowest BCUT2D eigenvalue weighted by Gasteiger charge is -2.24. The number of hydrogen-bond acceptors (Lipinski definition) is 2. The molecule has 0 spiro atoms. The molecule has 0 amide bonds. The lowest BCUT2D eigenvalue weighted by molar-refractivity contribution is 0.652. The van der Waals surface area contributed by atoms with Crippen molar-refractivity contribution in [3.63, 3.8) is 0 Å². The van der Waals surface area contributed by atoms with Crippen LogP contribution in [-0.2, 0) is 10.8 Å². The highest BCUT2D eigenvalue weighted by atomic mass is 32.1. The zero-order valence-electron chi connectivity index (χ0n) is 28.5. The minimum Gasteiger partial charge on any atom is -0.135 e. The summed E-state index contributed by atoms with van der Waals surface area (Å²) in [6.07, 6.45) is 0. The van der Waals surface area contributed by atoms with Gasteiger partial charge in [-0.15, -0.1) is 22.7 Å². The van der Waals surface area contributed by atoms with Gasteiger partial charge >= 0.3 is 0 Å². The van der Waals surface area contributed by atoms with E-state index < -0.39 is 0 Å². The first kappa shape index (κ1) is 28.8. The van der Waals surface area contributed by atoms with Crippen LogP contribution in [0, 0.1) is 0 Å². The van der Waals surface area contributed by atoms with Gasteiger partial charge in [0.25, 0.3) is 0 Å². The first-order valence-electron chi connectivity index (χ1n) is 17.6. The molecule has 0 atom stereocenters. The van der Waals surface area contributed by atoms with E-state index in [2.05, 4.69) is 161 Å². The van der Waals surface area contributed by atoms with Crippen LogP contribution in [0.4, 0.5) is 0 Å². The second kappa shape index (κ2) is 9.82. The van der Waals surface area contributed by atoms with Gasteiger partial charge in [-0.1, -0.05) is 113 Å². The standard InChI is InChI=1S/C48H34S2/c1-47(2)37-25-36-38(26-35(37)45-31-17-9-7-15-29(31)33(23-39(45)47)43-21-27-13-5-11-19-41(27)49-43)48(3,4)40-24-34(30-16-8-10-18-32(30)46(36)40)44-22-28-14-6-12-20-42(28)50-44/h5-26H,1-4H3. The average molecular weight is 675 g/mol. The van der Waals surface area contributed by atoms with Gasteiger partial charge in [0.05, 0.1) is 0 Å². The Labute approximate surface area is 300 Å². The van der Waals surface area contributed by atoms with Crippen LogP contribution in [0.15, 0.2) is 133 Å². The highest BCUT2D eigenvalue weighted by molar-refractivity contribution is 7.22.